The van der Waals surface area contributed by atoms with Crippen LogP contribution in [-0.2, 0) is 11.3 Å². The number of ether oxygens (including phenoxy) is 1. The predicted octanol–water partition coefficient (Wildman–Crippen LogP) is 4.92. The molecule has 0 heterocycles. The maximum atomic E-state index is 12.2. The molecule has 0 fully saturated rings. The number of hydrogen-bond acceptors (Lipinski definition) is 7. The summed E-state index contributed by atoms with van der Waals surface area (Å²) in [5, 5.41) is 16.3. The Morgan fingerprint density at radius 2 is 1.65 bits per heavy atom. The zero-order valence-corrected chi connectivity index (χ0v) is 21.0. The van der Waals surface area contributed by atoms with E-state index in [0.29, 0.717) is 23.5 Å². The van der Waals surface area contributed by atoms with Crippen LogP contribution in [0.15, 0.2) is 91.0 Å². The first-order chi connectivity index (χ1) is 17.8. The van der Waals surface area contributed by atoms with Gasteiger partial charge in [0.1, 0.15) is 18.5 Å². The van der Waals surface area contributed by atoms with Crippen LogP contribution in [0.25, 0.3) is 10.8 Å². The van der Waals surface area contributed by atoms with E-state index in [-0.39, 0.29) is 17.9 Å². The Morgan fingerprint density at radius 1 is 0.946 bits per heavy atom. The first kappa shape index (κ1) is 26.0. The third kappa shape index (κ3) is 7.46. The number of nitrogen functional groups attached to an aromatic ring is 1. The highest BCUT2D eigenvalue weighted by atomic mass is 17.2. The first-order valence-corrected chi connectivity index (χ1v) is 12.2. The Bertz CT molecular complexity index is 1340. The molecule has 0 aliphatic carbocycles. The number of nitrogens with one attached hydrogen (secondary N) is 1. The van der Waals surface area contributed by atoms with Gasteiger partial charge in [-0.05, 0) is 73.0 Å². The molecule has 37 heavy (non-hydrogen) atoms. The summed E-state index contributed by atoms with van der Waals surface area (Å²) in [6, 6.07) is 27.9. The number of aliphatic hydroxyl groups is 1. The fraction of sp³-hybridized carbons (Fsp3) is 0.233. The van der Waals surface area contributed by atoms with Gasteiger partial charge in [0, 0.05) is 12.1 Å². The highest BCUT2D eigenvalue weighted by Gasteiger charge is 2.20. The molecule has 0 bridgehead atoms. The van der Waals surface area contributed by atoms with Crippen LogP contribution in [0, 0.1) is 0 Å². The minimum atomic E-state index is -0.703. The van der Waals surface area contributed by atoms with Crippen LogP contribution >= 0.6 is 0 Å². The molecule has 4 N–H and O–H groups in total. The Hall–Kier alpha value is -4.07. The van der Waals surface area contributed by atoms with Crippen molar-refractivity contribution in [2.24, 2.45) is 0 Å². The van der Waals surface area contributed by atoms with E-state index in [1.807, 2.05) is 12.1 Å². The summed E-state index contributed by atoms with van der Waals surface area (Å²) in [5.74, 6) is 0.130. The smallest absolute Gasteiger partial charge is 0.386 e. The maximum Gasteiger partial charge on any atom is 0.386 e. The van der Waals surface area contributed by atoms with Crippen LogP contribution in [0.3, 0.4) is 0 Å². The second-order valence-corrected chi connectivity index (χ2v) is 9.60. The highest BCUT2D eigenvalue weighted by molar-refractivity contribution is 5.89. The molecule has 0 aliphatic rings. The van der Waals surface area contributed by atoms with Crippen molar-refractivity contribution in [2.45, 2.75) is 31.9 Å². The summed E-state index contributed by atoms with van der Waals surface area (Å²) >= 11 is 0. The number of rotatable bonds is 11. The largest absolute Gasteiger partial charge is 0.491 e. The quantitative estimate of drug-likeness (QED) is 0.153. The van der Waals surface area contributed by atoms with E-state index in [1.54, 1.807) is 48.5 Å². The number of anilines is 1. The molecule has 0 amide bonds. The summed E-state index contributed by atoms with van der Waals surface area (Å²) in [5.41, 5.74) is 7.44. The molecule has 7 nitrogen and oxygen atoms in total. The van der Waals surface area contributed by atoms with Gasteiger partial charge in [-0.15, -0.1) is 0 Å². The van der Waals surface area contributed by atoms with Crippen molar-refractivity contribution in [1.82, 2.24) is 5.32 Å². The number of β-amino-alcohol motifs (C(OH)–C–C–N with tert-alkyl or cyclic N) is 1. The van der Waals surface area contributed by atoms with E-state index < -0.39 is 12.1 Å². The van der Waals surface area contributed by atoms with Gasteiger partial charge < -0.3 is 20.9 Å². The molecule has 4 aromatic rings. The molecule has 0 aliphatic heterocycles. The van der Waals surface area contributed by atoms with E-state index >= 15 is 0 Å². The van der Waals surface area contributed by atoms with Crippen molar-refractivity contribution in [3.63, 3.8) is 0 Å². The summed E-state index contributed by atoms with van der Waals surface area (Å²) in [6.45, 7) is 4.72. The predicted molar refractivity (Wildman–Crippen MR) is 145 cm³/mol. The van der Waals surface area contributed by atoms with Gasteiger partial charge in [0.15, 0.2) is 0 Å². The van der Waals surface area contributed by atoms with E-state index in [2.05, 4.69) is 49.5 Å². The average Bonchev–Trinajstić information content (AvgIpc) is 2.90. The normalized spacial score (nSPS) is 12.2. The van der Waals surface area contributed by atoms with Gasteiger partial charge >= 0.3 is 5.97 Å². The van der Waals surface area contributed by atoms with E-state index in [0.717, 1.165) is 6.42 Å². The van der Waals surface area contributed by atoms with Gasteiger partial charge in [0.25, 0.3) is 0 Å². The molecule has 192 valence electrons. The van der Waals surface area contributed by atoms with E-state index in [1.165, 1.54) is 16.3 Å². The minimum Gasteiger partial charge on any atom is -0.491 e. The summed E-state index contributed by atoms with van der Waals surface area (Å²) in [6.07, 6.45) is 0.119. The molecule has 4 aromatic carbocycles. The van der Waals surface area contributed by atoms with Gasteiger partial charge in [-0.25, -0.2) is 9.68 Å². The number of fused-ring (bicyclic) bond motifs is 1. The van der Waals surface area contributed by atoms with Crippen LogP contribution in [-0.4, -0.2) is 35.9 Å². The topological polar surface area (TPSA) is 103 Å². The van der Waals surface area contributed by atoms with Crippen molar-refractivity contribution in [2.75, 3.05) is 18.9 Å². The number of carbonyl (C=O) groups excluding carboxylic acids is 1. The SMILES string of the molecule is CC(C)(Cc1ccc2ccccc2c1)NC[C@@H](O)COc1ccc(C(=O)OOc2ccccc2N)cc1. The van der Waals surface area contributed by atoms with Crippen LogP contribution < -0.4 is 20.7 Å². The molecule has 0 unspecified atom stereocenters. The fourth-order valence-corrected chi connectivity index (χ4v) is 3.94. The molecule has 4 rings (SSSR count). The maximum absolute atomic E-state index is 12.2. The zero-order valence-electron chi connectivity index (χ0n) is 21.0. The molecule has 0 saturated carbocycles. The number of aliphatic hydroxyl groups excluding tert-OH is 1. The van der Waals surface area contributed by atoms with Crippen molar-refractivity contribution >= 4 is 22.4 Å². The minimum absolute atomic E-state index is 0.110. The Balaban J connectivity index is 1.21. The van der Waals surface area contributed by atoms with Crippen molar-refractivity contribution in [3.05, 3.63) is 102 Å². The third-order valence-corrected chi connectivity index (χ3v) is 5.93. The van der Waals surface area contributed by atoms with Crippen LogP contribution in [0.5, 0.6) is 11.5 Å². The number of carbonyl (C=O) groups is 1. The number of benzene rings is 4. The summed E-state index contributed by atoms with van der Waals surface area (Å²) in [4.78, 5) is 22.1. The second-order valence-electron chi connectivity index (χ2n) is 9.60. The Kier molecular flexibility index (Phi) is 8.28. The van der Waals surface area contributed by atoms with Gasteiger partial charge in [-0.2, -0.15) is 0 Å². The standard InChI is InChI=1S/C30H32N2O5/c1-30(2,18-21-11-12-22-7-3-4-8-24(22)17-21)32-19-25(33)20-35-26-15-13-23(14-16-26)29(34)37-36-28-10-6-5-9-27(28)31/h3-17,25,32-33H,18-20,31H2,1-2H3/t25-/m1/s1. The number of nitrogens with two attached hydrogens (primary N) is 1. The lowest BCUT2D eigenvalue weighted by atomic mass is 9.93. The first-order valence-electron chi connectivity index (χ1n) is 12.2. The third-order valence-electron chi connectivity index (χ3n) is 5.93. The van der Waals surface area contributed by atoms with Crippen LogP contribution in [0.2, 0.25) is 0 Å². The Morgan fingerprint density at radius 3 is 2.41 bits per heavy atom. The number of para-hydroxylation sites is 2. The van der Waals surface area contributed by atoms with Crippen molar-refractivity contribution in [1.29, 1.82) is 0 Å². The van der Waals surface area contributed by atoms with Crippen molar-refractivity contribution in [3.8, 4) is 11.5 Å². The number of hydrogen-bond donors (Lipinski definition) is 3. The molecule has 0 radical (unpaired) electrons. The van der Waals surface area contributed by atoms with Crippen molar-refractivity contribution < 1.29 is 24.4 Å². The second kappa shape index (κ2) is 11.8. The lowest BCUT2D eigenvalue weighted by Crippen LogP contribution is -2.46. The summed E-state index contributed by atoms with van der Waals surface area (Å²) < 4.78 is 5.69. The van der Waals surface area contributed by atoms with E-state index in [9.17, 15) is 9.90 Å². The van der Waals surface area contributed by atoms with Gasteiger partial charge in [-0.3, -0.25) is 4.89 Å². The molecular weight excluding hydrogens is 468 g/mol. The molecule has 0 spiro atoms. The fourth-order valence-electron chi connectivity index (χ4n) is 3.94. The molecular formula is C30H32N2O5. The lowest BCUT2D eigenvalue weighted by Gasteiger charge is -2.28. The molecule has 1 atom stereocenters. The lowest BCUT2D eigenvalue weighted by molar-refractivity contribution is -0.148. The van der Waals surface area contributed by atoms with Gasteiger partial charge in [0.05, 0.1) is 11.3 Å². The van der Waals surface area contributed by atoms with Crippen LogP contribution in [0.4, 0.5) is 5.69 Å². The van der Waals surface area contributed by atoms with Crippen LogP contribution in [0.1, 0.15) is 29.8 Å². The van der Waals surface area contributed by atoms with Gasteiger partial charge in [-0.1, -0.05) is 54.6 Å². The van der Waals surface area contributed by atoms with E-state index in [4.69, 9.17) is 20.2 Å². The monoisotopic (exact) mass is 500 g/mol. The van der Waals surface area contributed by atoms with Gasteiger partial charge in [0.2, 0.25) is 5.75 Å². The molecule has 7 heteroatoms. The highest BCUT2D eigenvalue weighted by Crippen LogP contribution is 2.22. The summed E-state index contributed by atoms with van der Waals surface area (Å²) in [7, 11) is 0. The Labute approximate surface area is 216 Å². The molecule has 0 aromatic heterocycles. The molecule has 0 saturated heterocycles. The zero-order chi connectivity index (χ0) is 26.3. The average molecular weight is 501 g/mol.